The Bertz CT molecular complexity index is 960. The third kappa shape index (κ3) is 5.09. The lowest BCUT2D eigenvalue weighted by atomic mass is 10.2. The molecule has 1 amide bonds. The zero-order chi connectivity index (χ0) is 20.3. The van der Waals surface area contributed by atoms with Gasteiger partial charge in [0.25, 0.3) is 5.89 Å². The summed E-state index contributed by atoms with van der Waals surface area (Å²) in [5.74, 6) is 0.289. The van der Waals surface area contributed by atoms with Gasteiger partial charge in [-0.25, -0.2) is 0 Å². The number of nitrogens with one attached hydrogen (secondary N) is 1. The fourth-order valence-electron chi connectivity index (χ4n) is 2.38. The van der Waals surface area contributed by atoms with Gasteiger partial charge in [-0.2, -0.15) is 29.5 Å². The van der Waals surface area contributed by atoms with E-state index in [1.165, 1.54) is 17.4 Å². The fourth-order valence-corrected chi connectivity index (χ4v) is 3.24. The quantitative estimate of drug-likeness (QED) is 0.621. The highest BCUT2D eigenvalue weighted by molar-refractivity contribution is 7.08. The average molecular weight is 431 g/mol. The molecule has 2 aromatic heterocycles. The molecule has 2 heterocycles. The van der Waals surface area contributed by atoms with Gasteiger partial charge in [-0.15, -0.1) is 0 Å². The van der Waals surface area contributed by atoms with Crippen molar-refractivity contribution in [2.24, 2.45) is 0 Å². The number of hydrogen-bond acceptors (Lipinski definition) is 6. The van der Waals surface area contributed by atoms with Crippen LogP contribution in [0.4, 0.5) is 18.9 Å². The van der Waals surface area contributed by atoms with Crippen molar-refractivity contribution in [3.8, 4) is 11.5 Å². The lowest BCUT2D eigenvalue weighted by Gasteiger charge is -2.15. The molecule has 3 aromatic rings. The van der Waals surface area contributed by atoms with Gasteiger partial charge in [0.1, 0.15) is 0 Å². The van der Waals surface area contributed by atoms with Crippen LogP contribution >= 0.6 is 22.9 Å². The Morgan fingerprint density at radius 2 is 2.14 bits per heavy atom. The Kier molecular flexibility index (Phi) is 6.01. The number of halogens is 4. The lowest BCUT2D eigenvalue weighted by Crippen LogP contribution is -2.30. The summed E-state index contributed by atoms with van der Waals surface area (Å²) in [6, 6.07) is 5.05. The summed E-state index contributed by atoms with van der Waals surface area (Å²) in [4.78, 5) is 18.0. The molecule has 0 bridgehead atoms. The van der Waals surface area contributed by atoms with Gasteiger partial charge in [0.2, 0.25) is 5.91 Å². The van der Waals surface area contributed by atoms with E-state index in [9.17, 15) is 18.0 Å². The van der Waals surface area contributed by atoms with E-state index in [2.05, 4.69) is 15.5 Å². The van der Waals surface area contributed by atoms with Crippen LogP contribution in [0, 0.1) is 0 Å². The molecule has 148 valence electrons. The molecule has 0 fully saturated rings. The van der Waals surface area contributed by atoms with Crippen LogP contribution in [-0.4, -0.2) is 34.5 Å². The van der Waals surface area contributed by atoms with Crippen molar-refractivity contribution in [3.63, 3.8) is 0 Å². The second-order valence-corrected chi connectivity index (χ2v) is 7.13. The van der Waals surface area contributed by atoms with Crippen molar-refractivity contribution in [2.75, 3.05) is 18.9 Å². The van der Waals surface area contributed by atoms with E-state index in [1.54, 1.807) is 11.9 Å². The standard InChI is InChI=1S/C17H14ClF3N4O2S/c1-25(7-14-23-16(27-24-14)10-4-5-28-9-10)8-15(26)22-11-2-3-13(18)12(6-11)17(19,20)21/h2-6,9H,7-8H2,1H3,(H,22,26). The SMILES string of the molecule is CN(CC(=O)Nc1ccc(Cl)c(C(F)(F)F)c1)Cc1noc(-c2ccsc2)n1. The molecule has 11 heteroatoms. The van der Waals surface area contributed by atoms with Crippen LogP contribution in [0.1, 0.15) is 11.4 Å². The van der Waals surface area contributed by atoms with Crippen LogP contribution in [0.25, 0.3) is 11.5 Å². The van der Waals surface area contributed by atoms with Crippen LogP contribution in [-0.2, 0) is 17.5 Å². The third-order valence-corrected chi connectivity index (χ3v) is 4.63. The number of nitrogens with zero attached hydrogens (tertiary/aromatic N) is 3. The molecule has 1 N–H and O–H groups in total. The lowest BCUT2D eigenvalue weighted by molar-refractivity contribution is -0.137. The van der Waals surface area contributed by atoms with Gasteiger partial charge in [-0.1, -0.05) is 16.8 Å². The number of benzene rings is 1. The van der Waals surface area contributed by atoms with Gasteiger partial charge in [0.15, 0.2) is 5.82 Å². The molecule has 28 heavy (non-hydrogen) atoms. The van der Waals surface area contributed by atoms with E-state index >= 15 is 0 Å². The largest absolute Gasteiger partial charge is 0.417 e. The predicted octanol–water partition coefficient (Wildman–Crippen LogP) is 4.54. The third-order valence-electron chi connectivity index (χ3n) is 3.62. The molecule has 6 nitrogen and oxygen atoms in total. The Hall–Kier alpha value is -2.43. The molecule has 0 aliphatic heterocycles. The van der Waals surface area contributed by atoms with Gasteiger partial charge < -0.3 is 9.84 Å². The van der Waals surface area contributed by atoms with Crippen LogP contribution in [0.3, 0.4) is 0 Å². The molecule has 0 aliphatic carbocycles. The molecular formula is C17H14ClF3N4O2S. The molecule has 1 aromatic carbocycles. The normalized spacial score (nSPS) is 11.8. The summed E-state index contributed by atoms with van der Waals surface area (Å²) in [5.41, 5.74) is -0.185. The van der Waals surface area contributed by atoms with E-state index in [0.29, 0.717) is 11.7 Å². The number of amides is 1. The molecule has 0 saturated carbocycles. The van der Waals surface area contributed by atoms with Crippen LogP contribution < -0.4 is 5.32 Å². The van der Waals surface area contributed by atoms with Gasteiger partial charge in [0, 0.05) is 11.1 Å². The maximum absolute atomic E-state index is 12.9. The highest BCUT2D eigenvalue weighted by Crippen LogP contribution is 2.36. The molecule has 0 radical (unpaired) electrons. The monoisotopic (exact) mass is 430 g/mol. The summed E-state index contributed by atoms with van der Waals surface area (Å²) in [6.07, 6.45) is -4.60. The van der Waals surface area contributed by atoms with Crippen LogP contribution in [0.5, 0.6) is 0 Å². The van der Waals surface area contributed by atoms with Crippen LogP contribution in [0.2, 0.25) is 5.02 Å². The number of anilines is 1. The first-order chi connectivity index (χ1) is 13.2. The van der Waals surface area contributed by atoms with Gasteiger partial charge in [0.05, 0.1) is 29.2 Å². The molecule has 0 aliphatic rings. The number of carbonyl (C=O) groups is 1. The second-order valence-electron chi connectivity index (χ2n) is 5.94. The van der Waals surface area contributed by atoms with Gasteiger partial charge in [-0.3, -0.25) is 9.69 Å². The zero-order valence-electron chi connectivity index (χ0n) is 14.5. The van der Waals surface area contributed by atoms with Crippen molar-refractivity contribution >= 4 is 34.5 Å². The summed E-state index contributed by atoms with van der Waals surface area (Å²) >= 11 is 7.07. The number of aromatic nitrogens is 2. The molecular weight excluding hydrogens is 417 g/mol. The number of hydrogen-bond donors (Lipinski definition) is 1. The Morgan fingerprint density at radius 1 is 1.36 bits per heavy atom. The van der Waals surface area contributed by atoms with Crippen LogP contribution in [0.15, 0.2) is 39.5 Å². The summed E-state index contributed by atoms with van der Waals surface area (Å²) < 4.78 is 43.9. The number of thiophene rings is 1. The summed E-state index contributed by atoms with van der Waals surface area (Å²) in [5, 5.41) is 9.61. The minimum absolute atomic E-state index is 0.00873. The number of carbonyl (C=O) groups excluding carboxylic acids is 1. The first kappa shape index (κ1) is 20.3. The van der Waals surface area contributed by atoms with E-state index in [4.69, 9.17) is 16.1 Å². The molecule has 0 atom stereocenters. The minimum atomic E-state index is -4.60. The van der Waals surface area contributed by atoms with Crippen molar-refractivity contribution in [2.45, 2.75) is 12.7 Å². The smallest absolute Gasteiger partial charge is 0.334 e. The number of alkyl halides is 3. The summed E-state index contributed by atoms with van der Waals surface area (Å²) in [7, 11) is 1.66. The van der Waals surface area contributed by atoms with Crippen molar-refractivity contribution in [1.29, 1.82) is 0 Å². The van der Waals surface area contributed by atoms with Crippen molar-refractivity contribution in [3.05, 3.63) is 51.4 Å². The number of likely N-dealkylation sites (N-methyl/N-ethyl adjacent to an activating group) is 1. The topological polar surface area (TPSA) is 71.3 Å². The average Bonchev–Trinajstić information content (AvgIpc) is 3.26. The Labute approximate surface area is 166 Å². The van der Waals surface area contributed by atoms with E-state index in [1.807, 2.05) is 16.8 Å². The van der Waals surface area contributed by atoms with E-state index < -0.39 is 22.7 Å². The fraction of sp³-hybridized carbons (Fsp3) is 0.235. The Morgan fingerprint density at radius 3 is 2.82 bits per heavy atom. The maximum atomic E-state index is 12.9. The minimum Gasteiger partial charge on any atom is -0.334 e. The predicted molar refractivity (Wildman–Crippen MR) is 99.0 cm³/mol. The second kappa shape index (κ2) is 8.29. The summed E-state index contributed by atoms with van der Waals surface area (Å²) in [6.45, 7) is 0.155. The van der Waals surface area contributed by atoms with Gasteiger partial charge in [-0.05, 0) is 36.7 Å². The molecule has 0 unspecified atom stereocenters. The van der Waals surface area contributed by atoms with Crippen molar-refractivity contribution in [1.82, 2.24) is 15.0 Å². The molecule has 0 saturated heterocycles. The zero-order valence-corrected chi connectivity index (χ0v) is 16.0. The molecule has 0 spiro atoms. The highest BCUT2D eigenvalue weighted by atomic mass is 35.5. The number of rotatable bonds is 6. The van der Waals surface area contributed by atoms with Crippen molar-refractivity contribution < 1.29 is 22.5 Å². The van der Waals surface area contributed by atoms with E-state index in [0.717, 1.165) is 17.7 Å². The maximum Gasteiger partial charge on any atom is 0.417 e. The first-order valence-electron chi connectivity index (χ1n) is 7.92. The molecule has 3 rings (SSSR count). The van der Waals surface area contributed by atoms with Gasteiger partial charge >= 0.3 is 6.18 Å². The highest BCUT2D eigenvalue weighted by Gasteiger charge is 2.33. The first-order valence-corrected chi connectivity index (χ1v) is 9.25. The van der Waals surface area contributed by atoms with E-state index in [-0.39, 0.29) is 18.8 Å². The Balaban J connectivity index is 1.58.